The molecule has 1 amide bonds. The third-order valence-corrected chi connectivity index (χ3v) is 8.48. The number of para-hydroxylation sites is 1. The molecule has 196 valence electrons. The molecule has 1 aliphatic heterocycles. The van der Waals surface area contributed by atoms with Crippen molar-refractivity contribution in [3.63, 3.8) is 0 Å². The van der Waals surface area contributed by atoms with Crippen molar-refractivity contribution >= 4 is 15.7 Å². The van der Waals surface area contributed by atoms with Gasteiger partial charge in [-0.1, -0.05) is 67.6 Å². The quantitative estimate of drug-likeness (QED) is 0.373. The highest BCUT2D eigenvalue weighted by Crippen LogP contribution is 2.44. The third-order valence-electron chi connectivity index (χ3n) is 6.73. The molecule has 5 nitrogen and oxygen atoms in total. The van der Waals surface area contributed by atoms with Gasteiger partial charge in [-0.3, -0.25) is 4.79 Å². The Bertz CT molecular complexity index is 1330. The summed E-state index contributed by atoms with van der Waals surface area (Å²) < 4.78 is 67.6. The second kappa shape index (κ2) is 11.0. The lowest BCUT2D eigenvalue weighted by atomic mass is 9.84. The first-order valence-corrected chi connectivity index (χ1v) is 13.7. The molecule has 1 aliphatic rings. The zero-order chi connectivity index (χ0) is 26.6. The van der Waals surface area contributed by atoms with Crippen molar-refractivity contribution in [1.29, 1.82) is 0 Å². The Hall–Kier alpha value is -3.33. The van der Waals surface area contributed by atoms with Crippen LogP contribution in [0, 0.1) is 0 Å². The van der Waals surface area contributed by atoms with Crippen LogP contribution < -0.4 is 4.74 Å². The molecule has 1 saturated heterocycles. The number of aryl methyl sites for hydroxylation is 1. The van der Waals surface area contributed by atoms with E-state index in [2.05, 4.69) is 4.74 Å². The number of carbonyl (C=O) groups excluding carboxylic acids is 1. The van der Waals surface area contributed by atoms with Crippen LogP contribution in [0.3, 0.4) is 0 Å². The van der Waals surface area contributed by atoms with Crippen LogP contribution in [-0.4, -0.2) is 44.4 Å². The molecule has 2 unspecified atom stereocenters. The monoisotopic (exact) mass is 531 g/mol. The number of likely N-dealkylation sites (tertiary alicyclic amines) is 1. The Balaban J connectivity index is 1.52. The zero-order valence-electron chi connectivity index (χ0n) is 20.3. The van der Waals surface area contributed by atoms with E-state index in [9.17, 15) is 26.4 Å². The summed E-state index contributed by atoms with van der Waals surface area (Å²) in [6.45, 7) is 2.23. The van der Waals surface area contributed by atoms with E-state index in [1.165, 1.54) is 12.1 Å². The number of hydrogen-bond donors (Lipinski definition) is 0. The van der Waals surface area contributed by atoms with Crippen molar-refractivity contribution in [3.8, 4) is 5.75 Å². The fraction of sp³-hybridized carbons (Fsp3) is 0.321. The van der Waals surface area contributed by atoms with Crippen LogP contribution in [0.5, 0.6) is 5.75 Å². The van der Waals surface area contributed by atoms with Crippen LogP contribution in [0.25, 0.3) is 0 Å². The van der Waals surface area contributed by atoms with E-state index in [0.717, 1.165) is 11.1 Å². The Kier molecular flexibility index (Phi) is 7.92. The maximum absolute atomic E-state index is 13.2. The minimum atomic E-state index is -4.82. The summed E-state index contributed by atoms with van der Waals surface area (Å²) in [7, 11) is -3.30. The maximum Gasteiger partial charge on any atom is 0.573 e. The van der Waals surface area contributed by atoms with Crippen LogP contribution in [0.15, 0.2) is 83.8 Å². The number of carbonyl (C=O) groups is 1. The number of halogens is 3. The van der Waals surface area contributed by atoms with Gasteiger partial charge in [0.15, 0.2) is 9.84 Å². The average molecular weight is 532 g/mol. The van der Waals surface area contributed by atoms with Gasteiger partial charge in [0, 0.05) is 36.9 Å². The number of alkyl halides is 3. The first-order chi connectivity index (χ1) is 17.6. The molecule has 2 atom stereocenters. The summed E-state index contributed by atoms with van der Waals surface area (Å²) in [6, 6.07) is 22.1. The molecule has 0 bridgehead atoms. The lowest BCUT2D eigenvalue weighted by molar-refractivity contribution is -0.275. The number of benzene rings is 3. The summed E-state index contributed by atoms with van der Waals surface area (Å²) in [4.78, 5) is 15.1. The van der Waals surface area contributed by atoms with Crippen LogP contribution in [0.2, 0.25) is 0 Å². The van der Waals surface area contributed by atoms with Crippen molar-refractivity contribution in [2.45, 2.75) is 42.9 Å². The van der Waals surface area contributed by atoms with Crippen LogP contribution >= 0.6 is 0 Å². The fourth-order valence-corrected chi connectivity index (χ4v) is 5.69. The molecule has 9 heteroatoms. The van der Waals surface area contributed by atoms with Gasteiger partial charge in [-0.15, -0.1) is 13.2 Å². The highest BCUT2D eigenvalue weighted by Gasteiger charge is 2.40. The minimum Gasteiger partial charge on any atom is -0.405 e. The van der Waals surface area contributed by atoms with Gasteiger partial charge >= 0.3 is 6.36 Å². The number of sulfone groups is 1. The van der Waals surface area contributed by atoms with E-state index in [-0.39, 0.29) is 47.1 Å². The third kappa shape index (κ3) is 6.52. The molecule has 0 aliphatic carbocycles. The van der Waals surface area contributed by atoms with Crippen molar-refractivity contribution in [3.05, 3.63) is 95.6 Å². The Morgan fingerprint density at radius 2 is 1.54 bits per heavy atom. The molecule has 3 aromatic rings. The molecule has 0 N–H and O–H groups in total. The number of ether oxygens (including phenoxy) is 1. The van der Waals surface area contributed by atoms with Gasteiger partial charge in [-0.25, -0.2) is 8.42 Å². The second-order valence-electron chi connectivity index (χ2n) is 9.06. The van der Waals surface area contributed by atoms with Crippen LogP contribution in [-0.2, 0) is 21.1 Å². The predicted molar refractivity (Wildman–Crippen MR) is 134 cm³/mol. The number of nitrogens with zero attached hydrogens (tertiary/aromatic N) is 1. The first-order valence-electron chi connectivity index (χ1n) is 12.1. The normalized spacial score (nSPS) is 18.1. The highest BCUT2D eigenvalue weighted by atomic mass is 32.2. The van der Waals surface area contributed by atoms with Gasteiger partial charge in [-0.2, -0.15) is 0 Å². The predicted octanol–water partition coefficient (Wildman–Crippen LogP) is 5.72. The minimum absolute atomic E-state index is 0.0146. The van der Waals surface area contributed by atoms with E-state index >= 15 is 0 Å². The smallest absolute Gasteiger partial charge is 0.405 e. The molecule has 0 radical (unpaired) electrons. The van der Waals surface area contributed by atoms with Crippen LogP contribution in [0.1, 0.15) is 41.9 Å². The lowest BCUT2D eigenvalue weighted by Gasteiger charge is -2.22. The number of amides is 1. The van der Waals surface area contributed by atoms with E-state index in [1.807, 2.05) is 30.3 Å². The average Bonchev–Trinajstić information content (AvgIpc) is 3.33. The Morgan fingerprint density at radius 1 is 0.919 bits per heavy atom. The molecule has 4 rings (SSSR count). The maximum atomic E-state index is 13.2. The molecule has 0 aromatic heterocycles. The summed E-state index contributed by atoms with van der Waals surface area (Å²) in [5.74, 6) is -0.911. The van der Waals surface area contributed by atoms with Crippen LogP contribution in [0.4, 0.5) is 13.2 Å². The van der Waals surface area contributed by atoms with Gasteiger partial charge in [-0.05, 0) is 35.7 Å². The van der Waals surface area contributed by atoms with Gasteiger partial charge in [0.1, 0.15) is 5.75 Å². The summed E-state index contributed by atoms with van der Waals surface area (Å²) in [5.41, 5.74) is 2.19. The molecule has 1 fully saturated rings. The summed E-state index contributed by atoms with van der Waals surface area (Å²) in [5, 5.41) is 0. The van der Waals surface area contributed by atoms with E-state index in [1.54, 1.807) is 48.2 Å². The van der Waals surface area contributed by atoms with Crippen molar-refractivity contribution in [2.75, 3.05) is 18.8 Å². The van der Waals surface area contributed by atoms with Crippen molar-refractivity contribution in [1.82, 2.24) is 4.90 Å². The van der Waals surface area contributed by atoms with Gasteiger partial charge < -0.3 is 9.64 Å². The van der Waals surface area contributed by atoms with E-state index < -0.39 is 16.2 Å². The molecule has 0 saturated carbocycles. The molecule has 1 heterocycles. The SMILES string of the molecule is CCS(=O)(=O)c1ccc(CCC(=O)N2CC(c3ccccc3)C(c3ccccc3OC(F)(F)F)C2)cc1. The Labute approximate surface area is 214 Å². The molecule has 37 heavy (non-hydrogen) atoms. The topological polar surface area (TPSA) is 63.7 Å². The van der Waals surface area contributed by atoms with Crippen molar-refractivity contribution < 1.29 is 31.1 Å². The van der Waals surface area contributed by atoms with Gasteiger partial charge in [0.25, 0.3) is 0 Å². The van der Waals surface area contributed by atoms with Crippen molar-refractivity contribution in [2.24, 2.45) is 0 Å². The Morgan fingerprint density at radius 3 is 2.19 bits per heavy atom. The molecular formula is C28H28F3NO4S. The second-order valence-corrected chi connectivity index (χ2v) is 11.3. The fourth-order valence-electron chi connectivity index (χ4n) is 4.80. The standard InChI is InChI=1S/C28H28F3NO4S/c1-2-37(34,35)22-15-12-20(13-16-22)14-17-27(33)32-18-24(21-8-4-3-5-9-21)25(19-32)23-10-6-7-11-26(23)36-28(29,30)31/h3-13,15-16,24-25H,2,14,17-19H2,1H3. The first kappa shape index (κ1) is 26.7. The number of rotatable bonds is 8. The molecule has 3 aromatic carbocycles. The zero-order valence-corrected chi connectivity index (χ0v) is 21.1. The van der Waals surface area contributed by atoms with E-state index in [4.69, 9.17) is 0 Å². The summed E-state index contributed by atoms with van der Waals surface area (Å²) in [6.07, 6.45) is -4.19. The largest absolute Gasteiger partial charge is 0.573 e. The number of hydrogen-bond acceptors (Lipinski definition) is 4. The summed E-state index contributed by atoms with van der Waals surface area (Å²) >= 11 is 0. The molecular weight excluding hydrogens is 503 g/mol. The molecule has 0 spiro atoms. The van der Waals surface area contributed by atoms with E-state index in [0.29, 0.717) is 18.5 Å². The highest BCUT2D eigenvalue weighted by molar-refractivity contribution is 7.91. The van der Waals surface area contributed by atoms with Gasteiger partial charge in [0.05, 0.1) is 10.6 Å². The van der Waals surface area contributed by atoms with Gasteiger partial charge in [0.2, 0.25) is 5.91 Å². The lowest BCUT2D eigenvalue weighted by Crippen LogP contribution is -2.29.